The summed E-state index contributed by atoms with van der Waals surface area (Å²) in [6, 6.07) is 0. The predicted molar refractivity (Wildman–Crippen MR) is 400 cm³/mol. The van der Waals surface area contributed by atoms with Gasteiger partial charge in [0, 0.05) is 25.7 Å². The van der Waals surface area contributed by atoms with E-state index < -0.39 is 97.5 Å². The van der Waals surface area contributed by atoms with Crippen molar-refractivity contribution in [1.82, 2.24) is 0 Å². The maximum Gasteiger partial charge on any atom is 0.472 e. The second-order valence-electron chi connectivity index (χ2n) is 26.3. The zero-order valence-electron chi connectivity index (χ0n) is 62.2. The molecule has 98 heavy (non-hydrogen) atoms. The molecule has 570 valence electrons. The largest absolute Gasteiger partial charge is 0.472 e. The highest BCUT2D eigenvalue weighted by Gasteiger charge is 2.30. The van der Waals surface area contributed by atoms with Gasteiger partial charge < -0.3 is 33.8 Å². The lowest BCUT2D eigenvalue weighted by Crippen LogP contribution is -2.30. The van der Waals surface area contributed by atoms with E-state index in [1.165, 1.54) is 154 Å². The van der Waals surface area contributed by atoms with Gasteiger partial charge in [-0.3, -0.25) is 37.3 Å². The van der Waals surface area contributed by atoms with Crippen LogP contribution in [0, 0.1) is 0 Å². The second kappa shape index (κ2) is 71.9. The van der Waals surface area contributed by atoms with Crippen molar-refractivity contribution < 1.29 is 80.2 Å². The Hall–Kier alpha value is -3.50. The number of allylic oxidation sites excluding steroid dienone is 12. The van der Waals surface area contributed by atoms with E-state index in [0.29, 0.717) is 32.1 Å². The van der Waals surface area contributed by atoms with Crippen LogP contribution in [-0.4, -0.2) is 96.7 Å². The van der Waals surface area contributed by atoms with Crippen LogP contribution in [0.2, 0.25) is 0 Å². The van der Waals surface area contributed by atoms with Crippen LogP contribution in [0.1, 0.15) is 349 Å². The molecule has 0 aliphatic heterocycles. The average Bonchev–Trinajstić information content (AvgIpc) is 1.05. The van der Waals surface area contributed by atoms with E-state index in [4.69, 9.17) is 37.0 Å². The van der Waals surface area contributed by atoms with Crippen LogP contribution in [0.4, 0.5) is 0 Å². The highest BCUT2D eigenvalue weighted by atomic mass is 31.2. The van der Waals surface area contributed by atoms with E-state index in [-0.39, 0.29) is 25.7 Å². The number of rotatable bonds is 74. The smallest absolute Gasteiger partial charge is 0.462 e. The van der Waals surface area contributed by atoms with E-state index in [1.807, 2.05) is 12.2 Å². The van der Waals surface area contributed by atoms with Crippen molar-refractivity contribution in [2.45, 2.75) is 367 Å². The fraction of sp³-hybridized carbons (Fsp3) is 0.797. The molecule has 0 aliphatic rings. The van der Waals surface area contributed by atoms with Crippen LogP contribution >= 0.6 is 15.6 Å². The van der Waals surface area contributed by atoms with Gasteiger partial charge in [0.1, 0.15) is 19.3 Å². The van der Waals surface area contributed by atoms with E-state index in [2.05, 4.69) is 88.5 Å². The van der Waals surface area contributed by atoms with Crippen LogP contribution in [0.3, 0.4) is 0 Å². The minimum Gasteiger partial charge on any atom is -0.462 e. The lowest BCUT2D eigenvalue weighted by Gasteiger charge is -2.21. The molecule has 0 aromatic heterocycles. The van der Waals surface area contributed by atoms with Gasteiger partial charge in [0.25, 0.3) is 0 Å². The standard InChI is InChI=1S/C79H142O17P2/c1-5-9-13-17-21-25-29-33-35-36-38-42-46-50-54-58-62-66-79(84)96-75(70-90-77(82)64-60-56-52-48-44-40-32-28-24-20-16-12-8-4)72-94-98(87,88)92-68-73(80)67-91-97(85,86)93-71-74(69-89-76(81)63-59-55-51-47-43-39-31-27-23-19-15-11-7-3)95-78(83)65-61-57-53-49-45-41-37-34-30-26-22-18-14-10-6-2/h21-22,25-26,33-35,37-38,42,50,54,73-75,80H,5-20,23-24,27-32,36,39-41,43-49,51-53,55-72H2,1-4H3,(H,85,86)(H,87,88)/b25-21-,26-22-,35-33-,37-34-,42-38-,54-50-/t73-,74+,75+/m0/s1. The molecule has 0 radical (unpaired) electrons. The topological polar surface area (TPSA) is 237 Å². The molecule has 3 N–H and O–H groups in total. The number of ether oxygens (including phenoxy) is 4. The third-order valence-corrected chi connectivity index (χ3v) is 18.6. The minimum absolute atomic E-state index is 0.0230. The Morgan fingerprint density at radius 1 is 0.286 bits per heavy atom. The first-order valence-electron chi connectivity index (χ1n) is 39.2. The van der Waals surface area contributed by atoms with Gasteiger partial charge in [0.05, 0.1) is 26.4 Å². The van der Waals surface area contributed by atoms with E-state index in [0.717, 1.165) is 109 Å². The fourth-order valence-corrected chi connectivity index (χ4v) is 12.2. The molecular formula is C79H142O17P2. The highest BCUT2D eigenvalue weighted by Crippen LogP contribution is 2.45. The Balaban J connectivity index is 5.38. The van der Waals surface area contributed by atoms with Crippen molar-refractivity contribution in [3.8, 4) is 0 Å². The number of aliphatic hydroxyl groups excluding tert-OH is 1. The van der Waals surface area contributed by atoms with Crippen LogP contribution in [0.25, 0.3) is 0 Å². The van der Waals surface area contributed by atoms with Gasteiger partial charge in [-0.2, -0.15) is 0 Å². The lowest BCUT2D eigenvalue weighted by molar-refractivity contribution is -0.161. The Morgan fingerprint density at radius 3 is 0.827 bits per heavy atom. The SMILES string of the molecule is CCCCC/C=C\C/C=C\C/C=C\C/C=C\CCCC(=O)O[C@H](COC(=O)CCCCCCCCCCCCCCC)COP(=O)(O)OC[C@@H](O)COP(=O)(O)OC[C@@H](COC(=O)CCCCCCCCCCCCCCC)OC(=O)CCCCCCC/C=C\C/C=C\CCCCC. The first-order chi connectivity index (χ1) is 47.7. The Bertz CT molecular complexity index is 2140. The first-order valence-corrected chi connectivity index (χ1v) is 42.2. The van der Waals surface area contributed by atoms with Gasteiger partial charge in [0.2, 0.25) is 0 Å². The summed E-state index contributed by atoms with van der Waals surface area (Å²) in [5, 5.41) is 10.6. The summed E-state index contributed by atoms with van der Waals surface area (Å²) in [5.41, 5.74) is 0. The third-order valence-electron chi connectivity index (χ3n) is 16.7. The second-order valence-corrected chi connectivity index (χ2v) is 29.2. The van der Waals surface area contributed by atoms with Crippen molar-refractivity contribution in [3.05, 3.63) is 72.9 Å². The van der Waals surface area contributed by atoms with E-state index >= 15 is 0 Å². The summed E-state index contributed by atoms with van der Waals surface area (Å²) < 4.78 is 68.5. The molecule has 0 aromatic carbocycles. The molecule has 0 aliphatic carbocycles. The molecule has 0 aromatic rings. The van der Waals surface area contributed by atoms with Gasteiger partial charge in [-0.25, -0.2) is 9.13 Å². The zero-order valence-corrected chi connectivity index (χ0v) is 64.0. The van der Waals surface area contributed by atoms with E-state index in [9.17, 15) is 43.2 Å². The number of esters is 4. The summed E-state index contributed by atoms with van der Waals surface area (Å²) in [4.78, 5) is 72.8. The number of carbonyl (C=O) groups is 4. The van der Waals surface area contributed by atoms with Gasteiger partial charge >= 0.3 is 39.5 Å². The summed E-state index contributed by atoms with van der Waals surface area (Å²) in [5.74, 6) is -2.23. The monoisotopic (exact) mass is 1420 g/mol. The van der Waals surface area contributed by atoms with Crippen LogP contribution in [0.5, 0.6) is 0 Å². The molecule has 0 fully saturated rings. The molecular weight excluding hydrogens is 1280 g/mol. The number of hydrogen-bond acceptors (Lipinski definition) is 15. The number of unbranched alkanes of at least 4 members (excludes halogenated alkanes) is 36. The number of carbonyl (C=O) groups excluding carboxylic acids is 4. The summed E-state index contributed by atoms with van der Waals surface area (Å²) in [6.45, 7) is 4.79. The zero-order chi connectivity index (χ0) is 71.8. The van der Waals surface area contributed by atoms with Gasteiger partial charge in [0.15, 0.2) is 12.2 Å². The van der Waals surface area contributed by atoms with Crippen LogP contribution in [0.15, 0.2) is 72.9 Å². The molecule has 0 saturated carbocycles. The molecule has 19 heteroatoms. The maximum atomic E-state index is 13.1. The molecule has 0 saturated heterocycles. The minimum atomic E-state index is -4.98. The number of phosphoric acid groups is 2. The molecule has 0 amide bonds. The maximum absolute atomic E-state index is 13.1. The average molecular weight is 1430 g/mol. The Morgan fingerprint density at radius 2 is 0.510 bits per heavy atom. The van der Waals surface area contributed by atoms with Gasteiger partial charge in [-0.1, -0.05) is 300 Å². The van der Waals surface area contributed by atoms with Crippen molar-refractivity contribution in [2.24, 2.45) is 0 Å². The predicted octanol–water partition coefficient (Wildman–Crippen LogP) is 22.4. The number of hydrogen-bond donors (Lipinski definition) is 3. The lowest BCUT2D eigenvalue weighted by atomic mass is 10.0. The summed E-state index contributed by atoms with van der Waals surface area (Å²) in [6.07, 6.45) is 71.7. The quantitative estimate of drug-likeness (QED) is 0.0169. The number of aliphatic hydroxyl groups is 1. The number of phosphoric ester groups is 2. The van der Waals surface area contributed by atoms with Gasteiger partial charge in [-0.05, 0) is 96.3 Å². The van der Waals surface area contributed by atoms with E-state index in [1.54, 1.807) is 0 Å². The summed E-state index contributed by atoms with van der Waals surface area (Å²) in [7, 11) is -9.96. The first kappa shape index (κ1) is 94.5. The molecule has 17 nitrogen and oxygen atoms in total. The molecule has 0 spiro atoms. The Kier molecular flexibility index (Phi) is 69.3. The fourth-order valence-electron chi connectivity index (χ4n) is 10.7. The molecule has 0 rings (SSSR count). The van der Waals surface area contributed by atoms with Crippen LogP contribution < -0.4 is 0 Å². The molecule has 0 bridgehead atoms. The summed E-state index contributed by atoms with van der Waals surface area (Å²) >= 11 is 0. The molecule has 5 atom stereocenters. The Labute approximate surface area is 596 Å². The molecule has 0 heterocycles. The highest BCUT2D eigenvalue weighted by molar-refractivity contribution is 7.47. The van der Waals surface area contributed by atoms with Crippen molar-refractivity contribution in [3.63, 3.8) is 0 Å². The van der Waals surface area contributed by atoms with Gasteiger partial charge in [-0.15, -0.1) is 0 Å². The molecule has 2 unspecified atom stereocenters. The van der Waals surface area contributed by atoms with Crippen molar-refractivity contribution >= 4 is 39.5 Å². The third kappa shape index (κ3) is 70.9. The van der Waals surface area contributed by atoms with Crippen molar-refractivity contribution in [2.75, 3.05) is 39.6 Å². The van der Waals surface area contributed by atoms with Crippen LogP contribution in [-0.2, 0) is 65.4 Å². The van der Waals surface area contributed by atoms with Crippen molar-refractivity contribution in [1.29, 1.82) is 0 Å². The normalized spacial score (nSPS) is 14.3.